The van der Waals surface area contributed by atoms with E-state index < -0.39 is 0 Å². The predicted molar refractivity (Wildman–Crippen MR) is 79.2 cm³/mol. The summed E-state index contributed by atoms with van der Waals surface area (Å²) in [6, 6.07) is 12.2. The SMILES string of the molecule is Cc1ccc(SN/N=C/c2cc(F)ccc2Cl)cc1. The molecule has 0 amide bonds. The van der Waals surface area contributed by atoms with Gasteiger partial charge in [0.25, 0.3) is 0 Å². The van der Waals surface area contributed by atoms with Gasteiger partial charge in [0, 0.05) is 27.4 Å². The lowest BCUT2D eigenvalue weighted by Crippen LogP contribution is -1.94. The molecule has 0 aromatic heterocycles. The van der Waals surface area contributed by atoms with Gasteiger partial charge in [0.2, 0.25) is 0 Å². The highest BCUT2D eigenvalue weighted by molar-refractivity contribution is 7.97. The van der Waals surface area contributed by atoms with Crippen LogP contribution in [0.15, 0.2) is 52.5 Å². The number of nitrogens with one attached hydrogen (secondary N) is 1. The first-order valence-corrected chi connectivity index (χ1v) is 6.81. The minimum Gasteiger partial charge on any atom is -0.247 e. The molecule has 2 aromatic carbocycles. The third-order valence-corrected chi connectivity index (χ3v) is 3.45. The highest BCUT2D eigenvalue weighted by Crippen LogP contribution is 2.16. The fourth-order valence-corrected chi connectivity index (χ4v) is 2.04. The van der Waals surface area contributed by atoms with Crippen LogP contribution in [0.25, 0.3) is 0 Å². The van der Waals surface area contributed by atoms with E-state index in [1.807, 2.05) is 31.2 Å². The Morgan fingerprint density at radius 2 is 1.95 bits per heavy atom. The molecule has 5 heteroatoms. The van der Waals surface area contributed by atoms with Crippen molar-refractivity contribution < 1.29 is 4.39 Å². The van der Waals surface area contributed by atoms with E-state index in [0.29, 0.717) is 10.6 Å². The first kappa shape index (κ1) is 13.9. The van der Waals surface area contributed by atoms with Gasteiger partial charge >= 0.3 is 0 Å². The summed E-state index contributed by atoms with van der Waals surface area (Å²) in [7, 11) is 0. The number of halogens is 2. The normalized spacial score (nSPS) is 10.9. The molecule has 0 aliphatic heterocycles. The molecule has 0 atom stereocenters. The Balaban J connectivity index is 1.93. The van der Waals surface area contributed by atoms with Gasteiger partial charge in [0.1, 0.15) is 5.82 Å². The van der Waals surface area contributed by atoms with E-state index in [1.54, 1.807) is 0 Å². The molecular weight excluding hydrogens is 283 g/mol. The summed E-state index contributed by atoms with van der Waals surface area (Å²) in [6.45, 7) is 2.03. The van der Waals surface area contributed by atoms with Crippen LogP contribution in [-0.4, -0.2) is 6.21 Å². The smallest absolute Gasteiger partial charge is 0.123 e. The van der Waals surface area contributed by atoms with E-state index in [1.165, 1.54) is 41.9 Å². The Morgan fingerprint density at radius 3 is 2.68 bits per heavy atom. The predicted octanol–water partition coefficient (Wildman–Crippen LogP) is 4.42. The molecule has 19 heavy (non-hydrogen) atoms. The van der Waals surface area contributed by atoms with Crippen LogP contribution in [0, 0.1) is 12.7 Å². The van der Waals surface area contributed by atoms with Crippen molar-refractivity contribution in [2.75, 3.05) is 0 Å². The molecule has 2 rings (SSSR count). The van der Waals surface area contributed by atoms with Gasteiger partial charge in [-0.05, 0) is 37.3 Å². The molecule has 2 nitrogen and oxygen atoms in total. The van der Waals surface area contributed by atoms with E-state index in [0.717, 1.165) is 4.90 Å². The minimum absolute atomic E-state index is 0.336. The fraction of sp³-hybridized carbons (Fsp3) is 0.0714. The van der Waals surface area contributed by atoms with Crippen LogP contribution in [0.4, 0.5) is 4.39 Å². The monoisotopic (exact) mass is 294 g/mol. The van der Waals surface area contributed by atoms with Crippen molar-refractivity contribution in [3.05, 3.63) is 64.4 Å². The van der Waals surface area contributed by atoms with Gasteiger partial charge in [-0.25, -0.2) is 9.22 Å². The van der Waals surface area contributed by atoms with E-state index >= 15 is 0 Å². The standard InChI is InChI=1S/C14H12ClFN2S/c1-10-2-5-13(6-3-10)19-18-17-9-11-8-12(16)4-7-14(11)15/h2-9,18H,1H3/b17-9+. The number of hydrogen-bond acceptors (Lipinski definition) is 3. The first-order valence-electron chi connectivity index (χ1n) is 5.62. The number of aryl methyl sites for hydroxylation is 1. The number of benzene rings is 2. The van der Waals surface area contributed by atoms with Crippen LogP contribution in [0.1, 0.15) is 11.1 Å². The molecule has 0 aliphatic rings. The van der Waals surface area contributed by atoms with Gasteiger partial charge in [0.05, 0.1) is 6.21 Å². The van der Waals surface area contributed by atoms with Crippen LogP contribution in [-0.2, 0) is 0 Å². The van der Waals surface area contributed by atoms with E-state index in [-0.39, 0.29) is 5.82 Å². The summed E-state index contributed by atoms with van der Waals surface area (Å²) in [5.74, 6) is -0.336. The van der Waals surface area contributed by atoms with Gasteiger partial charge in [-0.3, -0.25) is 0 Å². The van der Waals surface area contributed by atoms with Gasteiger partial charge in [0.15, 0.2) is 0 Å². The molecular formula is C14H12ClFN2S. The number of nitrogens with zero attached hydrogens (tertiary/aromatic N) is 1. The van der Waals surface area contributed by atoms with Crippen LogP contribution >= 0.6 is 23.5 Å². The second-order valence-corrected chi connectivity index (χ2v) is 5.20. The Labute approximate surface area is 120 Å². The minimum atomic E-state index is -0.336. The lowest BCUT2D eigenvalue weighted by Gasteiger charge is -2.01. The summed E-state index contributed by atoms with van der Waals surface area (Å²) >= 11 is 7.29. The highest BCUT2D eigenvalue weighted by Gasteiger charge is 1.99. The quantitative estimate of drug-likeness (QED) is 0.513. The summed E-state index contributed by atoms with van der Waals surface area (Å²) in [5, 5.41) is 4.46. The Morgan fingerprint density at radius 1 is 1.21 bits per heavy atom. The van der Waals surface area contributed by atoms with E-state index in [2.05, 4.69) is 9.93 Å². The molecule has 0 saturated heterocycles. The van der Waals surface area contributed by atoms with Crippen molar-refractivity contribution in [3.8, 4) is 0 Å². The number of hydrogen-bond donors (Lipinski definition) is 1. The zero-order valence-electron chi connectivity index (χ0n) is 10.2. The Kier molecular flexibility index (Phi) is 4.82. The van der Waals surface area contributed by atoms with Crippen molar-refractivity contribution in [2.24, 2.45) is 5.10 Å². The maximum Gasteiger partial charge on any atom is 0.123 e. The number of rotatable bonds is 4. The second-order valence-electron chi connectivity index (χ2n) is 3.93. The summed E-state index contributed by atoms with van der Waals surface area (Å²) in [5.41, 5.74) is 1.75. The molecule has 0 aliphatic carbocycles. The topological polar surface area (TPSA) is 24.4 Å². The fourth-order valence-electron chi connectivity index (χ4n) is 1.39. The lowest BCUT2D eigenvalue weighted by atomic mass is 10.2. The van der Waals surface area contributed by atoms with Gasteiger partial charge < -0.3 is 0 Å². The van der Waals surface area contributed by atoms with Gasteiger partial charge in [-0.2, -0.15) is 5.10 Å². The third-order valence-electron chi connectivity index (χ3n) is 2.40. The van der Waals surface area contributed by atoms with E-state index in [9.17, 15) is 4.39 Å². The van der Waals surface area contributed by atoms with Crippen molar-refractivity contribution in [1.29, 1.82) is 0 Å². The average molecular weight is 295 g/mol. The largest absolute Gasteiger partial charge is 0.247 e. The molecule has 0 spiro atoms. The molecule has 0 unspecified atom stereocenters. The van der Waals surface area contributed by atoms with Crippen molar-refractivity contribution >= 4 is 29.8 Å². The van der Waals surface area contributed by atoms with Gasteiger partial charge in [-0.15, -0.1) is 0 Å². The Hall–Kier alpha value is -1.52. The van der Waals surface area contributed by atoms with Crippen molar-refractivity contribution in [2.45, 2.75) is 11.8 Å². The van der Waals surface area contributed by atoms with Crippen molar-refractivity contribution in [3.63, 3.8) is 0 Å². The lowest BCUT2D eigenvalue weighted by molar-refractivity contribution is 0.627. The maximum atomic E-state index is 13.0. The molecule has 0 heterocycles. The molecule has 0 fully saturated rings. The molecule has 1 N–H and O–H groups in total. The molecule has 0 saturated carbocycles. The zero-order valence-corrected chi connectivity index (χ0v) is 11.8. The van der Waals surface area contributed by atoms with Gasteiger partial charge in [-0.1, -0.05) is 29.3 Å². The summed E-state index contributed by atoms with van der Waals surface area (Å²) < 4.78 is 13.0. The summed E-state index contributed by atoms with van der Waals surface area (Å²) in [6.07, 6.45) is 1.49. The van der Waals surface area contributed by atoms with E-state index in [4.69, 9.17) is 11.6 Å². The molecule has 0 bridgehead atoms. The highest BCUT2D eigenvalue weighted by atomic mass is 35.5. The Bertz CT molecular complexity index is 584. The second kappa shape index (κ2) is 6.59. The third kappa shape index (κ3) is 4.26. The summed E-state index contributed by atoms with van der Waals surface area (Å²) in [4.78, 5) is 3.87. The van der Waals surface area contributed by atoms with Crippen LogP contribution in [0.3, 0.4) is 0 Å². The van der Waals surface area contributed by atoms with Crippen LogP contribution < -0.4 is 4.83 Å². The van der Waals surface area contributed by atoms with Crippen molar-refractivity contribution in [1.82, 2.24) is 4.83 Å². The zero-order chi connectivity index (χ0) is 13.7. The molecule has 2 aromatic rings. The number of hydrazone groups is 1. The molecule has 98 valence electrons. The molecule has 0 radical (unpaired) electrons. The first-order chi connectivity index (χ1) is 9.15. The van der Waals surface area contributed by atoms with Crippen LogP contribution in [0.2, 0.25) is 5.02 Å². The van der Waals surface area contributed by atoms with Crippen LogP contribution in [0.5, 0.6) is 0 Å². The maximum absolute atomic E-state index is 13.0. The average Bonchev–Trinajstić information content (AvgIpc) is 2.40.